The molecule has 0 aliphatic rings. The van der Waals surface area contributed by atoms with E-state index >= 15 is 0 Å². The van der Waals surface area contributed by atoms with Crippen LogP contribution >= 0.6 is 0 Å². The molecule has 0 saturated heterocycles. The molecule has 0 fully saturated rings. The van der Waals surface area contributed by atoms with Crippen molar-refractivity contribution in [1.29, 1.82) is 5.26 Å². The zero-order valence-electron chi connectivity index (χ0n) is 12.2. The highest BCUT2D eigenvalue weighted by Crippen LogP contribution is 2.28. The zero-order chi connectivity index (χ0) is 15.4. The van der Waals surface area contributed by atoms with E-state index in [4.69, 9.17) is 10.00 Å². The number of methoxy groups -OCH3 is 1. The smallest absolute Gasteiger partial charge is 0.126 e. The average molecular weight is 286 g/mol. The Balaban J connectivity index is 2.08. The third-order valence-electron chi connectivity index (χ3n) is 3.50. The molecule has 0 unspecified atom stereocenters. The predicted octanol–water partition coefficient (Wildman–Crippen LogP) is 4.47. The van der Waals surface area contributed by atoms with Crippen molar-refractivity contribution >= 4 is 22.7 Å². The normalized spacial score (nSPS) is 10.7. The van der Waals surface area contributed by atoms with Crippen molar-refractivity contribution < 1.29 is 4.74 Å². The predicted molar refractivity (Wildman–Crippen MR) is 88.9 cm³/mol. The number of rotatable bonds is 3. The second-order valence-corrected chi connectivity index (χ2v) is 4.79. The molecule has 0 spiro atoms. The number of hydrogen-bond donors (Lipinski definition) is 0. The van der Waals surface area contributed by atoms with Crippen molar-refractivity contribution in [3.8, 4) is 11.8 Å². The van der Waals surface area contributed by atoms with Gasteiger partial charge in [0.2, 0.25) is 0 Å². The molecule has 0 radical (unpaired) electrons. The lowest BCUT2D eigenvalue weighted by molar-refractivity contribution is 0.420. The van der Waals surface area contributed by atoms with Crippen LogP contribution < -0.4 is 4.74 Å². The van der Waals surface area contributed by atoms with Crippen LogP contribution in [0.15, 0.2) is 65.7 Å². The van der Waals surface area contributed by atoms with Gasteiger partial charge in [0.25, 0.3) is 0 Å². The van der Waals surface area contributed by atoms with Crippen molar-refractivity contribution in [1.82, 2.24) is 0 Å². The molecule has 0 aliphatic heterocycles. The summed E-state index contributed by atoms with van der Waals surface area (Å²) >= 11 is 0. The SMILES string of the molecule is COc1ccc(C=Nc2ccccc2C#N)c2ccccc12. The quantitative estimate of drug-likeness (QED) is 0.667. The van der Waals surface area contributed by atoms with E-state index in [9.17, 15) is 0 Å². The van der Waals surface area contributed by atoms with Crippen molar-refractivity contribution in [3.63, 3.8) is 0 Å². The minimum atomic E-state index is 0.566. The van der Waals surface area contributed by atoms with Crippen LogP contribution in [0.3, 0.4) is 0 Å². The van der Waals surface area contributed by atoms with E-state index in [1.807, 2.05) is 54.6 Å². The number of para-hydroxylation sites is 1. The van der Waals surface area contributed by atoms with E-state index in [1.54, 1.807) is 19.4 Å². The number of aliphatic imine (C=N–C) groups is 1. The summed E-state index contributed by atoms with van der Waals surface area (Å²) in [4.78, 5) is 4.46. The lowest BCUT2D eigenvalue weighted by Gasteiger charge is -2.07. The minimum absolute atomic E-state index is 0.566. The fraction of sp³-hybridized carbons (Fsp3) is 0.0526. The maximum atomic E-state index is 9.12. The fourth-order valence-electron chi connectivity index (χ4n) is 2.41. The third-order valence-corrected chi connectivity index (χ3v) is 3.50. The Morgan fingerprint density at radius 1 is 0.955 bits per heavy atom. The third kappa shape index (κ3) is 2.55. The standard InChI is InChI=1S/C19H14N2O/c1-22-19-11-10-15(16-7-3-4-8-17(16)19)13-21-18-9-5-2-6-14(18)12-20/h2-11,13H,1H3. The average Bonchev–Trinajstić information content (AvgIpc) is 2.59. The molecule has 0 saturated carbocycles. The molecule has 0 bridgehead atoms. The number of ether oxygens (including phenoxy) is 1. The summed E-state index contributed by atoms with van der Waals surface area (Å²) in [5.41, 5.74) is 2.23. The van der Waals surface area contributed by atoms with E-state index in [-0.39, 0.29) is 0 Å². The molecule has 0 N–H and O–H groups in total. The lowest BCUT2D eigenvalue weighted by atomic mass is 10.0. The molecule has 0 heterocycles. The summed E-state index contributed by atoms with van der Waals surface area (Å²) in [5, 5.41) is 11.2. The second-order valence-electron chi connectivity index (χ2n) is 4.79. The van der Waals surface area contributed by atoms with Gasteiger partial charge in [-0.2, -0.15) is 5.26 Å². The van der Waals surface area contributed by atoms with Gasteiger partial charge < -0.3 is 4.74 Å². The highest BCUT2D eigenvalue weighted by atomic mass is 16.5. The van der Waals surface area contributed by atoms with Gasteiger partial charge in [-0.05, 0) is 29.7 Å². The van der Waals surface area contributed by atoms with Crippen molar-refractivity contribution in [2.45, 2.75) is 0 Å². The van der Waals surface area contributed by atoms with Crippen molar-refractivity contribution in [2.75, 3.05) is 7.11 Å². The maximum absolute atomic E-state index is 9.12. The van der Waals surface area contributed by atoms with E-state index < -0.39 is 0 Å². The molecule has 3 nitrogen and oxygen atoms in total. The van der Waals surface area contributed by atoms with Crippen LogP contribution in [0.5, 0.6) is 5.75 Å². The summed E-state index contributed by atoms with van der Waals surface area (Å²) in [7, 11) is 1.67. The van der Waals surface area contributed by atoms with Crippen molar-refractivity contribution in [3.05, 3.63) is 71.8 Å². The molecule has 0 amide bonds. The molecule has 0 atom stereocenters. The number of nitriles is 1. The van der Waals surface area contributed by atoms with Gasteiger partial charge in [0.1, 0.15) is 11.8 Å². The van der Waals surface area contributed by atoms with Gasteiger partial charge in [0.05, 0.1) is 18.4 Å². The summed E-state index contributed by atoms with van der Waals surface area (Å²) in [6, 6.07) is 21.4. The highest BCUT2D eigenvalue weighted by Gasteiger charge is 2.04. The van der Waals surface area contributed by atoms with Gasteiger partial charge in [0, 0.05) is 17.2 Å². The second kappa shape index (κ2) is 6.11. The van der Waals surface area contributed by atoms with Crippen LogP contribution in [-0.2, 0) is 0 Å². The summed E-state index contributed by atoms with van der Waals surface area (Å²) in [6.07, 6.45) is 1.79. The Hall–Kier alpha value is -3.12. The Morgan fingerprint density at radius 2 is 1.68 bits per heavy atom. The first-order valence-electron chi connectivity index (χ1n) is 6.92. The van der Waals surface area contributed by atoms with Gasteiger partial charge >= 0.3 is 0 Å². The van der Waals surface area contributed by atoms with E-state index in [0.29, 0.717) is 11.3 Å². The summed E-state index contributed by atoms with van der Waals surface area (Å²) in [5.74, 6) is 0.838. The Labute approximate surface area is 129 Å². The zero-order valence-corrected chi connectivity index (χ0v) is 12.2. The Bertz CT molecular complexity index is 891. The molecule has 106 valence electrons. The molecule has 3 rings (SSSR count). The van der Waals surface area contributed by atoms with Gasteiger partial charge in [-0.3, -0.25) is 4.99 Å². The Kier molecular flexibility index (Phi) is 3.84. The van der Waals surface area contributed by atoms with Gasteiger partial charge in [-0.1, -0.05) is 36.4 Å². The molecule has 3 aromatic carbocycles. The number of nitrogens with zero attached hydrogens (tertiary/aromatic N) is 2. The minimum Gasteiger partial charge on any atom is -0.496 e. The molecule has 3 heteroatoms. The number of benzene rings is 3. The van der Waals surface area contributed by atoms with Crippen LogP contribution in [0.4, 0.5) is 5.69 Å². The first kappa shape index (κ1) is 13.8. The van der Waals surface area contributed by atoms with Crippen LogP contribution in [0.1, 0.15) is 11.1 Å². The van der Waals surface area contributed by atoms with E-state index in [2.05, 4.69) is 11.1 Å². The van der Waals surface area contributed by atoms with Gasteiger partial charge in [-0.15, -0.1) is 0 Å². The van der Waals surface area contributed by atoms with Crippen LogP contribution in [0.2, 0.25) is 0 Å². The lowest BCUT2D eigenvalue weighted by Crippen LogP contribution is -1.89. The fourth-order valence-corrected chi connectivity index (χ4v) is 2.41. The maximum Gasteiger partial charge on any atom is 0.126 e. The largest absolute Gasteiger partial charge is 0.496 e. The molecule has 0 aliphatic carbocycles. The number of fused-ring (bicyclic) bond motifs is 1. The summed E-state index contributed by atoms with van der Waals surface area (Å²) < 4.78 is 5.39. The van der Waals surface area contributed by atoms with Crippen LogP contribution in [0, 0.1) is 11.3 Å². The topological polar surface area (TPSA) is 45.4 Å². The highest BCUT2D eigenvalue weighted by molar-refractivity contribution is 6.03. The summed E-state index contributed by atoms with van der Waals surface area (Å²) in [6.45, 7) is 0. The van der Waals surface area contributed by atoms with E-state index in [0.717, 1.165) is 22.1 Å². The van der Waals surface area contributed by atoms with E-state index in [1.165, 1.54) is 0 Å². The molecular formula is C19H14N2O. The van der Waals surface area contributed by atoms with Crippen LogP contribution in [-0.4, -0.2) is 13.3 Å². The molecule has 3 aromatic rings. The first-order chi connectivity index (χ1) is 10.8. The van der Waals surface area contributed by atoms with Gasteiger partial charge in [-0.25, -0.2) is 0 Å². The van der Waals surface area contributed by atoms with Crippen molar-refractivity contribution in [2.24, 2.45) is 4.99 Å². The molecule has 0 aromatic heterocycles. The first-order valence-corrected chi connectivity index (χ1v) is 6.92. The van der Waals surface area contributed by atoms with Gasteiger partial charge in [0.15, 0.2) is 0 Å². The van der Waals surface area contributed by atoms with Crippen LogP contribution in [0.25, 0.3) is 10.8 Å². The molecule has 22 heavy (non-hydrogen) atoms. The monoisotopic (exact) mass is 286 g/mol. The molecular weight excluding hydrogens is 272 g/mol. The Morgan fingerprint density at radius 3 is 2.45 bits per heavy atom. The number of hydrogen-bond acceptors (Lipinski definition) is 3.